The lowest BCUT2D eigenvalue weighted by Gasteiger charge is -2.28. The number of aromatic amines is 1. The summed E-state index contributed by atoms with van der Waals surface area (Å²) in [6.07, 6.45) is 2.87. The molecule has 3 N–H and O–H groups in total. The average Bonchev–Trinajstić information content (AvgIpc) is 3.25. The molecular weight excluding hydrogens is 446 g/mol. The van der Waals surface area contributed by atoms with Crippen LogP contribution < -0.4 is 19.7 Å². The monoisotopic (exact) mass is 471 g/mol. The third-order valence-corrected chi connectivity index (χ3v) is 6.27. The molecule has 1 fully saturated rings. The molecule has 3 heterocycles. The van der Waals surface area contributed by atoms with Crippen molar-refractivity contribution in [1.29, 1.82) is 0 Å². The summed E-state index contributed by atoms with van der Waals surface area (Å²) in [6, 6.07) is 12.9. The molecule has 0 aliphatic carbocycles. The minimum atomic E-state index is -3.45. The topological polar surface area (TPSA) is 99.3 Å². The van der Waals surface area contributed by atoms with Crippen LogP contribution in [0.4, 0.5) is 11.4 Å². The average molecular weight is 472 g/mol. The van der Waals surface area contributed by atoms with Gasteiger partial charge in [-0.1, -0.05) is 6.07 Å². The second-order valence-electron chi connectivity index (χ2n) is 7.79. The molecule has 1 aromatic carbocycles. The van der Waals surface area contributed by atoms with E-state index in [0.717, 1.165) is 34.6 Å². The number of hydrogen-bond donors (Lipinski definition) is 3. The van der Waals surface area contributed by atoms with Gasteiger partial charge in [0.15, 0.2) is 5.11 Å². The smallest absolute Gasteiger partial charge is 0.229 e. The number of hydrogen-bond acceptors (Lipinski definition) is 5. The van der Waals surface area contributed by atoms with Gasteiger partial charge in [0.1, 0.15) is 5.75 Å². The zero-order valence-electron chi connectivity index (χ0n) is 18.2. The fourth-order valence-electron chi connectivity index (χ4n) is 4.12. The first-order valence-corrected chi connectivity index (χ1v) is 12.3. The van der Waals surface area contributed by atoms with Crippen LogP contribution in [0.3, 0.4) is 0 Å². The summed E-state index contributed by atoms with van der Waals surface area (Å²) >= 11 is 5.75. The zero-order valence-corrected chi connectivity index (χ0v) is 19.8. The standard InChI is InChI=1S/C22H25N5O3S2/c1-13-11-16(14(2)24-13)21-20(18-7-5-6-10-23-18)25-22(31)27(21)15-8-9-17(19(12-15)30-3)26-32(4,28)29/h5-12,20-21,24,26H,1-4H3,(H,25,31)/t20-,21+/m0/s1. The molecule has 0 spiro atoms. The highest BCUT2D eigenvalue weighted by atomic mass is 32.2. The number of anilines is 2. The van der Waals surface area contributed by atoms with Gasteiger partial charge in [0, 0.05) is 29.3 Å². The highest BCUT2D eigenvalue weighted by Crippen LogP contribution is 2.44. The van der Waals surface area contributed by atoms with Gasteiger partial charge in [-0.25, -0.2) is 8.42 Å². The van der Waals surface area contributed by atoms with Gasteiger partial charge in [-0.2, -0.15) is 0 Å². The maximum absolute atomic E-state index is 11.7. The van der Waals surface area contributed by atoms with Gasteiger partial charge in [-0.3, -0.25) is 9.71 Å². The maximum atomic E-state index is 11.7. The summed E-state index contributed by atoms with van der Waals surface area (Å²) < 4.78 is 31.4. The Labute approximate surface area is 193 Å². The molecule has 2 atom stereocenters. The van der Waals surface area contributed by atoms with E-state index in [4.69, 9.17) is 17.0 Å². The Hall–Kier alpha value is -3.11. The lowest BCUT2D eigenvalue weighted by atomic mass is 9.96. The van der Waals surface area contributed by atoms with Crippen molar-refractivity contribution in [2.45, 2.75) is 25.9 Å². The highest BCUT2D eigenvalue weighted by Gasteiger charge is 2.42. The highest BCUT2D eigenvalue weighted by molar-refractivity contribution is 7.92. The molecule has 1 aliphatic heterocycles. The number of sulfonamides is 1. The van der Waals surface area contributed by atoms with Crippen LogP contribution in [-0.2, 0) is 10.0 Å². The molecule has 4 rings (SSSR count). The number of ether oxygens (including phenoxy) is 1. The normalized spacial score (nSPS) is 18.5. The summed E-state index contributed by atoms with van der Waals surface area (Å²) in [5.74, 6) is 0.401. The fraction of sp³-hybridized carbons (Fsp3) is 0.273. The number of methoxy groups -OCH3 is 1. The third-order valence-electron chi connectivity index (χ3n) is 5.37. The van der Waals surface area contributed by atoms with Crippen LogP contribution in [0, 0.1) is 13.8 Å². The molecule has 168 valence electrons. The van der Waals surface area contributed by atoms with E-state index in [0.29, 0.717) is 16.5 Å². The second kappa shape index (κ2) is 8.44. The van der Waals surface area contributed by atoms with E-state index in [1.54, 1.807) is 18.3 Å². The van der Waals surface area contributed by atoms with Crippen molar-refractivity contribution in [2.75, 3.05) is 23.0 Å². The Morgan fingerprint density at radius 1 is 1.19 bits per heavy atom. The Morgan fingerprint density at radius 2 is 1.97 bits per heavy atom. The first kappa shape index (κ1) is 22.1. The van der Waals surface area contributed by atoms with Gasteiger partial charge >= 0.3 is 0 Å². The quantitative estimate of drug-likeness (QED) is 0.473. The first-order chi connectivity index (χ1) is 15.2. The van der Waals surface area contributed by atoms with Gasteiger partial charge in [-0.05, 0) is 62.0 Å². The summed E-state index contributed by atoms with van der Waals surface area (Å²) in [5, 5.41) is 3.97. The first-order valence-electron chi connectivity index (χ1n) is 10.0. The van der Waals surface area contributed by atoms with Crippen molar-refractivity contribution in [3.8, 4) is 5.75 Å². The van der Waals surface area contributed by atoms with Crippen LogP contribution in [0.1, 0.15) is 34.7 Å². The van der Waals surface area contributed by atoms with Crippen LogP contribution in [0.5, 0.6) is 5.75 Å². The second-order valence-corrected chi connectivity index (χ2v) is 9.92. The van der Waals surface area contributed by atoms with E-state index in [2.05, 4.69) is 26.1 Å². The van der Waals surface area contributed by atoms with E-state index in [-0.39, 0.29) is 12.1 Å². The van der Waals surface area contributed by atoms with Crippen molar-refractivity contribution in [3.63, 3.8) is 0 Å². The van der Waals surface area contributed by atoms with Gasteiger partial charge in [0.05, 0.1) is 36.8 Å². The lowest BCUT2D eigenvalue weighted by Crippen LogP contribution is -2.29. The molecule has 0 bridgehead atoms. The molecule has 8 nitrogen and oxygen atoms in total. The molecule has 0 radical (unpaired) electrons. The molecule has 10 heteroatoms. The van der Waals surface area contributed by atoms with Gasteiger partial charge in [-0.15, -0.1) is 0 Å². The van der Waals surface area contributed by atoms with Crippen molar-refractivity contribution >= 4 is 38.7 Å². The van der Waals surface area contributed by atoms with Crippen LogP contribution in [0.15, 0.2) is 48.7 Å². The number of nitrogens with zero attached hydrogens (tertiary/aromatic N) is 2. The predicted molar refractivity (Wildman–Crippen MR) is 130 cm³/mol. The molecule has 1 saturated heterocycles. The number of aromatic nitrogens is 2. The molecular formula is C22H25N5O3S2. The largest absolute Gasteiger partial charge is 0.494 e. The summed E-state index contributed by atoms with van der Waals surface area (Å²) in [7, 11) is -1.95. The van der Waals surface area contributed by atoms with Crippen LogP contribution in [0.25, 0.3) is 0 Å². The number of aryl methyl sites for hydroxylation is 2. The minimum absolute atomic E-state index is 0.166. The van der Waals surface area contributed by atoms with Crippen LogP contribution in [-0.4, -0.2) is 36.9 Å². The van der Waals surface area contributed by atoms with Crippen LogP contribution in [0.2, 0.25) is 0 Å². The predicted octanol–water partition coefficient (Wildman–Crippen LogP) is 3.58. The SMILES string of the molecule is COc1cc(N2C(=S)N[C@@H](c3ccccn3)[C@H]2c2cc(C)[nH]c2C)ccc1NS(C)(=O)=O. The van der Waals surface area contributed by atoms with Crippen LogP contribution >= 0.6 is 12.2 Å². The summed E-state index contributed by atoms with van der Waals surface area (Å²) in [6.45, 7) is 4.06. The number of nitrogens with one attached hydrogen (secondary N) is 3. The molecule has 3 aromatic rings. The maximum Gasteiger partial charge on any atom is 0.229 e. The van der Waals surface area contributed by atoms with Crippen molar-refractivity contribution < 1.29 is 13.2 Å². The number of H-pyrrole nitrogens is 1. The van der Waals surface area contributed by atoms with E-state index < -0.39 is 10.0 Å². The number of pyridine rings is 1. The van der Waals surface area contributed by atoms with E-state index in [9.17, 15) is 8.42 Å². The summed E-state index contributed by atoms with van der Waals surface area (Å²) in [4.78, 5) is 9.97. The third kappa shape index (κ3) is 4.28. The van der Waals surface area contributed by atoms with E-state index >= 15 is 0 Å². The van der Waals surface area contributed by atoms with Gasteiger partial charge in [0.25, 0.3) is 0 Å². The van der Waals surface area contributed by atoms with Crippen molar-refractivity contribution in [1.82, 2.24) is 15.3 Å². The Morgan fingerprint density at radius 3 is 2.56 bits per heavy atom. The van der Waals surface area contributed by atoms with Crippen molar-refractivity contribution in [3.05, 3.63) is 71.3 Å². The lowest BCUT2D eigenvalue weighted by molar-refractivity contribution is 0.417. The number of rotatable bonds is 6. The molecule has 0 unspecified atom stereocenters. The van der Waals surface area contributed by atoms with Gasteiger partial charge in [0.2, 0.25) is 10.0 Å². The number of thiocarbonyl (C=S) groups is 1. The molecule has 0 amide bonds. The van der Waals surface area contributed by atoms with E-state index in [1.165, 1.54) is 7.11 Å². The molecule has 0 saturated carbocycles. The fourth-order valence-corrected chi connectivity index (χ4v) is 5.03. The number of benzene rings is 1. The zero-order chi connectivity index (χ0) is 23.0. The van der Waals surface area contributed by atoms with Crippen molar-refractivity contribution in [2.24, 2.45) is 0 Å². The Kier molecular flexibility index (Phi) is 5.83. The molecule has 2 aromatic heterocycles. The Bertz CT molecular complexity index is 1260. The van der Waals surface area contributed by atoms with E-state index in [1.807, 2.05) is 43.0 Å². The summed E-state index contributed by atoms with van der Waals surface area (Å²) in [5.41, 5.74) is 5.22. The Balaban J connectivity index is 1.83. The minimum Gasteiger partial charge on any atom is -0.494 e. The molecule has 32 heavy (non-hydrogen) atoms. The van der Waals surface area contributed by atoms with Gasteiger partial charge < -0.3 is 19.9 Å². The molecule has 1 aliphatic rings.